The smallest absolute Gasteiger partial charge is 0.274 e. The van der Waals surface area contributed by atoms with Crippen LogP contribution in [-0.2, 0) is 16.1 Å². The van der Waals surface area contributed by atoms with E-state index in [1.165, 1.54) is 4.90 Å². The minimum atomic E-state index is -0.806. The molecular formula is C22H19N3O3. The Balaban J connectivity index is 1.54. The molecule has 1 aromatic heterocycles. The Hall–Kier alpha value is -3.67. The van der Waals surface area contributed by atoms with E-state index in [0.717, 1.165) is 11.1 Å². The molecule has 2 aromatic carbocycles. The first-order chi connectivity index (χ1) is 13.7. The lowest BCUT2D eigenvalue weighted by Crippen LogP contribution is -2.46. The predicted molar refractivity (Wildman–Crippen MR) is 105 cm³/mol. The molecule has 0 bridgehead atoms. The molecule has 0 spiro atoms. The molecule has 0 saturated carbocycles. The van der Waals surface area contributed by atoms with Crippen LogP contribution in [0.25, 0.3) is 0 Å². The molecule has 0 unspecified atom stereocenters. The molecule has 1 N–H and O–H groups in total. The van der Waals surface area contributed by atoms with Gasteiger partial charge >= 0.3 is 0 Å². The third-order valence-electron chi connectivity index (χ3n) is 4.48. The van der Waals surface area contributed by atoms with Gasteiger partial charge in [-0.05, 0) is 17.7 Å². The van der Waals surface area contributed by atoms with Gasteiger partial charge in [0.25, 0.3) is 5.91 Å². The Labute approximate surface area is 162 Å². The van der Waals surface area contributed by atoms with Gasteiger partial charge in [-0.2, -0.15) is 0 Å². The summed E-state index contributed by atoms with van der Waals surface area (Å²) in [4.78, 5) is 31.2. The summed E-state index contributed by atoms with van der Waals surface area (Å²) in [5, 5.41) is 2.85. The van der Waals surface area contributed by atoms with Crippen molar-refractivity contribution in [1.82, 2.24) is 10.3 Å². The van der Waals surface area contributed by atoms with Gasteiger partial charge in [0, 0.05) is 18.3 Å². The molecule has 1 aliphatic rings. The summed E-state index contributed by atoms with van der Waals surface area (Å²) in [6, 6.07) is 22.3. The highest BCUT2D eigenvalue weighted by atomic mass is 16.5. The first-order valence-electron chi connectivity index (χ1n) is 9.01. The first kappa shape index (κ1) is 17.7. The number of amides is 2. The van der Waals surface area contributed by atoms with Crippen LogP contribution in [0.3, 0.4) is 0 Å². The van der Waals surface area contributed by atoms with Gasteiger partial charge in [-0.1, -0.05) is 60.7 Å². The van der Waals surface area contributed by atoms with Crippen LogP contribution < -0.4 is 15.0 Å². The van der Waals surface area contributed by atoms with Crippen molar-refractivity contribution in [3.8, 4) is 5.75 Å². The molecule has 0 fully saturated rings. The van der Waals surface area contributed by atoms with Crippen molar-refractivity contribution in [2.24, 2.45) is 0 Å². The van der Waals surface area contributed by atoms with E-state index in [9.17, 15) is 9.59 Å². The van der Waals surface area contributed by atoms with E-state index in [1.54, 1.807) is 18.3 Å². The van der Waals surface area contributed by atoms with Gasteiger partial charge in [-0.15, -0.1) is 0 Å². The number of aromatic nitrogens is 1. The Morgan fingerprint density at radius 2 is 1.71 bits per heavy atom. The van der Waals surface area contributed by atoms with Crippen LogP contribution in [0.4, 0.5) is 5.82 Å². The number of ether oxygens (including phenoxy) is 1. The molecule has 4 rings (SSSR count). The van der Waals surface area contributed by atoms with Gasteiger partial charge < -0.3 is 10.1 Å². The fraction of sp³-hybridized carbons (Fsp3) is 0.136. The Bertz CT molecular complexity index is 977. The summed E-state index contributed by atoms with van der Waals surface area (Å²) >= 11 is 0. The minimum Gasteiger partial charge on any atom is -0.472 e. The van der Waals surface area contributed by atoms with E-state index in [-0.39, 0.29) is 18.4 Å². The van der Waals surface area contributed by atoms with Gasteiger partial charge in [0.15, 0.2) is 11.6 Å². The Morgan fingerprint density at radius 1 is 1.00 bits per heavy atom. The maximum Gasteiger partial charge on any atom is 0.274 e. The van der Waals surface area contributed by atoms with E-state index in [0.29, 0.717) is 18.1 Å². The average Bonchev–Trinajstić information content (AvgIpc) is 2.75. The predicted octanol–water partition coefficient (Wildman–Crippen LogP) is 2.86. The topological polar surface area (TPSA) is 71.5 Å². The quantitative estimate of drug-likeness (QED) is 0.747. The monoisotopic (exact) mass is 373 g/mol. The number of hydrogen-bond donors (Lipinski definition) is 1. The van der Waals surface area contributed by atoms with Gasteiger partial charge in [-0.25, -0.2) is 4.98 Å². The van der Waals surface area contributed by atoms with Gasteiger partial charge in [0.2, 0.25) is 12.0 Å². The van der Waals surface area contributed by atoms with Gasteiger partial charge in [-0.3, -0.25) is 14.5 Å². The number of benzene rings is 2. The Kier molecular flexibility index (Phi) is 5.01. The molecule has 0 aliphatic carbocycles. The zero-order valence-corrected chi connectivity index (χ0v) is 15.1. The highest BCUT2D eigenvalue weighted by Crippen LogP contribution is 2.36. The lowest BCUT2D eigenvalue weighted by atomic mass is 10.1. The fourth-order valence-electron chi connectivity index (χ4n) is 3.09. The van der Waals surface area contributed by atoms with E-state index >= 15 is 0 Å². The maximum atomic E-state index is 13.1. The van der Waals surface area contributed by atoms with Crippen molar-refractivity contribution in [3.63, 3.8) is 0 Å². The minimum absolute atomic E-state index is 0.123. The number of rotatable bonds is 5. The van der Waals surface area contributed by atoms with Crippen molar-refractivity contribution in [2.75, 3.05) is 11.4 Å². The summed E-state index contributed by atoms with van der Waals surface area (Å²) in [7, 11) is 0. The molecule has 6 nitrogen and oxygen atoms in total. The number of fused-ring (bicyclic) bond motifs is 1. The lowest BCUT2D eigenvalue weighted by Gasteiger charge is -2.33. The third kappa shape index (κ3) is 3.71. The van der Waals surface area contributed by atoms with Crippen molar-refractivity contribution in [3.05, 3.63) is 90.1 Å². The number of nitrogens with one attached hydrogen (secondary N) is 1. The zero-order chi connectivity index (χ0) is 19.3. The number of hydrogen-bond acceptors (Lipinski definition) is 4. The van der Waals surface area contributed by atoms with Gasteiger partial charge in [0.1, 0.15) is 6.54 Å². The molecule has 140 valence electrons. The summed E-state index contributed by atoms with van der Waals surface area (Å²) < 4.78 is 5.89. The first-order valence-corrected chi connectivity index (χ1v) is 9.01. The second kappa shape index (κ2) is 7.92. The van der Waals surface area contributed by atoms with Crippen LogP contribution in [0.2, 0.25) is 0 Å². The SMILES string of the molecule is O=C(CN1C(=O)[C@H](c2ccccc2)Oc2cccnc21)NCc1ccccc1. The molecule has 1 aliphatic heterocycles. The molecule has 2 heterocycles. The maximum absolute atomic E-state index is 13.1. The number of nitrogens with zero attached hydrogens (tertiary/aromatic N) is 2. The molecule has 6 heteroatoms. The molecule has 3 aromatic rings. The van der Waals surface area contributed by atoms with Crippen molar-refractivity contribution < 1.29 is 14.3 Å². The molecule has 0 radical (unpaired) electrons. The molecule has 0 saturated heterocycles. The third-order valence-corrected chi connectivity index (χ3v) is 4.48. The normalized spacial score (nSPS) is 15.5. The Morgan fingerprint density at radius 3 is 2.46 bits per heavy atom. The molecule has 2 amide bonds. The van der Waals surface area contributed by atoms with Gasteiger partial charge in [0.05, 0.1) is 0 Å². The molecular weight excluding hydrogens is 354 g/mol. The van der Waals surface area contributed by atoms with E-state index < -0.39 is 6.10 Å². The van der Waals surface area contributed by atoms with E-state index in [4.69, 9.17) is 4.74 Å². The number of carbonyl (C=O) groups is 2. The number of pyridine rings is 1. The van der Waals surface area contributed by atoms with Crippen molar-refractivity contribution >= 4 is 17.6 Å². The molecule has 1 atom stereocenters. The zero-order valence-electron chi connectivity index (χ0n) is 15.1. The fourth-order valence-corrected chi connectivity index (χ4v) is 3.09. The highest BCUT2D eigenvalue weighted by Gasteiger charge is 2.37. The summed E-state index contributed by atoms with van der Waals surface area (Å²) in [5.74, 6) is 0.260. The van der Waals surface area contributed by atoms with Crippen molar-refractivity contribution in [2.45, 2.75) is 12.6 Å². The van der Waals surface area contributed by atoms with Crippen LogP contribution in [-0.4, -0.2) is 23.3 Å². The largest absolute Gasteiger partial charge is 0.472 e. The average molecular weight is 373 g/mol. The van der Waals surface area contributed by atoms with Crippen LogP contribution in [0.5, 0.6) is 5.75 Å². The van der Waals surface area contributed by atoms with Crippen LogP contribution in [0.15, 0.2) is 79.0 Å². The highest BCUT2D eigenvalue weighted by molar-refractivity contribution is 6.03. The summed E-state index contributed by atoms with van der Waals surface area (Å²) in [6.07, 6.45) is 0.771. The lowest BCUT2D eigenvalue weighted by molar-refractivity contribution is -0.129. The van der Waals surface area contributed by atoms with Crippen LogP contribution in [0.1, 0.15) is 17.2 Å². The standard InChI is InChI=1S/C22H19N3O3/c26-19(24-14-16-8-3-1-4-9-16)15-25-21-18(12-7-13-23-21)28-20(22(25)27)17-10-5-2-6-11-17/h1-13,20H,14-15H2,(H,24,26)/t20-/m0/s1. The second-order valence-electron chi connectivity index (χ2n) is 6.42. The van der Waals surface area contributed by atoms with Crippen LogP contribution >= 0.6 is 0 Å². The van der Waals surface area contributed by atoms with Crippen LogP contribution in [0, 0.1) is 0 Å². The number of anilines is 1. The number of carbonyl (C=O) groups excluding carboxylic acids is 2. The molecule has 28 heavy (non-hydrogen) atoms. The van der Waals surface area contributed by atoms with Crippen molar-refractivity contribution in [1.29, 1.82) is 0 Å². The van der Waals surface area contributed by atoms with E-state index in [2.05, 4.69) is 10.3 Å². The summed E-state index contributed by atoms with van der Waals surface area (Å²) in [6.45, 7) is 0.276. The second-order valence-corrected chi connectivity index (χ2v) is 6.42. The van der Waals surface area contributed by atoms with E-state index in [1.807, 2.05) is 60.7 Å². The summed E-state index contributed by atoms with van der Waals surface area (Å²) in [5.41, 5.74) is 1.72.